The molecule has 4 heterocycles. The van der Waals surface area contributed by atoms with E-state index in [4.69, 9.17) is 14.5 Å². The van der Waals surface area contributed by atoms with Gasteiger partial charge in [0.15, 0.2) is 6.73 Å². The summed E-state index contributed by atoms with van der Waals surface area (Å²) in [5.41, 5.74) is 0.722. The van der Waals surface area contributed by atoms with Crippen LogP contribution < -0.4 is 10.1 Å². The molecular formula is C22H23BrN5O8P. The number of piperidine rings is 1. The molecule has 0 unspecified atom stereocenters. The van der Waals surface area contributed by atoms with Crippen molar-refractivity contribution in [3.8, 4) is 5.75 Å². The molecule has 4 N–H and O–H groups in total. The summed E-state index contributed by atoms with van der Waals surface area (Å²) in [6.45, 7) is 0.162. The maximum absolute atomic E-state index is 13.5. The molecule has 2 aliphatic rings. The normalized spacial score (nSPS) is 18.9. The largest absolute Gasteiger partial charge is 0.485 e. The molecule has 15 heteroatoms. The number of rotatable bonds is 5. The van der Waals surface area contributed by atoms with Crippen molar-refractivity contribution in [2.75, 3.05) is 13.1 Å². The van der Waals surface area contributed by atoms with E-state index in [0.29, 0.717) is 53.6 Å². The molecule has 0 aliphatic carbocycles. The number of phosphoric ester groups is 1. The predicted molar refractivity (Wildman–Crippen MR) is 132 cm³/mol. The minimum Gasteiger partial charge on any atom is -0.485 e. The van der Waals surface area contributed by atoms with E-state index in [1.807, 2.05) is 0 Å². The van der Waals surface area contributed by atoms with Gasteiger partial charge in [-0.1, -0.05) is 12.1 Å². The molecule has 0 saturated carbocycles. The first-order chi connectivity index (χ1) is 17.5. The van der Waals surface area contributed by atoms with E-state index >= 15 is 0 Å². The Balaban J connectivity index is 1.41. The molecule has 2 aliphatic heterocycles. The second-order valence-electron chi connectivity index (χ2n) is 8.99. The van der Waals surface area contributed by atoms with Crippen LogP contribution >= 0.6 is 23.8 Å². The first kappa shape index (κ1) is 25.6. The van der Waals surface area contributed by atoms with Crippen LogP contribution in [0.5, 0.6) is 5.75 Å². The molecular weight excluding hydrogens is 573 g/mol. The van der Waals surface area contributed by atoms with Crippen LogP contribution in [0, 0.1) is 0 Å². The molecule has 3 aromatic rings. The summed E-state index contributed by atoms with van der Waals surface area (Å²) in [4.78, 5) is 48.4. The molecule has 13 nitrogen and oxygen atoms in total. The highest BCUT2D eigenvalue weighted by atomic mass is 79.9. The lowest BCUT2D eigenvalue weighted by atomic mass is 9.81. The van der Waals surface area contributed by atoms with Crippen LogP contribution in [0.4, 0.5) is 4.79 Å². The molecule has 1 fully saturated rings. The molecule has 0 bridgehead atoms. The Hall–Kier alpha value is -3.03. The topological polar surface area (TPSA) is 176 Å². The number of nitrogens with one attached hydrogen (secondary N) is 1. The molecule has 1 spiro atoms. The van der Waals surface area contributed by atoms with Gasteiger partial charge in [0.1, 0.15) is 21.5 Å². The Kier molecular flexibility index (Phi) is 6.71. The summed E-state index contributed by atoms with van der Waals surface area (Å²) in [6.07, 6.45) is 3.53. The van der Waals surface area contributed by atoms with Gasteiger partial charge in [0.2, 0.25) is 0 Å². The van der Waals surface area contributed by atoms with Gasteiger partial charge in [-0.3, -0.25) is 9.32 Å². The van der Waals surface area contributed by atoms with Crippen LogP contribution in [0.15, 0.2) is 41.3 Å². The van der Waals surface area contributed by atoms with Gasteiger partial charge in [-0.05, 0) is 28.1 Å². The van der Waals surface area contributed by atoms with Gasteiger partial charge in [0, 0.05) is 49.5 Å². The summed E-state index contributed by atoms with van der Waals surface area (Å²) in [5, 5.41) is 17.3. The number of halogens is 1. The zero-order valence-electron chi connectivity index (χ0n) is 19.3. The van der Waals surface area contributed by atoms with Crippen molar-refractivity contribution in [1.29, 1.82) is 0 Å². The molecule has 2 aromatic heterocycles. The zero-order valence-corrected chi connectivity index (χ0v) is 21.8. The van der Waals surface area contributed by atoms with Gasteiger partial charge >= 0.3 is 13.9 Å². The van der Waals surface area contributed by atoms with Crippen molar-refractivity contribution >= 4 is 46.7 Å². The summed E-state index contributed by atoms with van der Waals surface area (Å²) < 4.78 is 23.7. The van der Waals surface area contributed by atoms with Gasteiger partial charge in [-0.25, -0.2) is 19.0 Å². The Labute approximate surface area is 218 Å². The standard InChI is InChI=1S/C22H23BrN5O8P/c23-18-8-15-16(9-22(36-17(15)10-24-18)4-6-27(7-5-22)21(30)31)25-20(29)14-3-1-2-13-11-28(26-19(13)14)12-35-37(32,33)34/h1-3,8,10-11,16H,4-7,9,12H2,(H,25,29)(H,30,31)(H2,32,33,34)/t16-/m0/s1. The quantitative estimate of drug-likeness (QED) is 0.253. The van der Waals surface area contributed by atoms with Crippen LogP contribution in [0.3, 0.4) is 0 Å². The lowest BCUT2D eigenvalue weighted by molar-refractivity contribution is -0.0208. The molecule has 5 rings (SSSR count). The Bertz CT molecular complexity index is 1420. The number of likely N-dealkylation sites (tertiary alicyclic amines) is 1. The van der Waals surface area contributed by atoms with Crippen molar-refractivity contribution in [1.82, 2.24) is 25.0 Å². The van der Waals surface area contributed by atoms with E-state index in [1.54, 1.807) is 30.5 Å². The summed E-state index contributed by atoms with van der Waals surface area (Å²) >= 11 is 3.37. The van der Waals surface area contributed by atoms with Crippen LogP contribution in [0.1, 0.15) is 41.2 Å². The summed E-state index contributed by atoms with van der Waals surface area (Å²) in [6, 6.07) is 6.37. The lowest BCUT2D eigenvalue weighted by Gasteiger charge is -2.46. The van der Waals surface area contributed by atoms with Gasteiger partial charge in [0.25, 0.3) is 5.91 Å². The second-order valence-corrected chi connectivity index (χ2v) is 11.0. The van der Waals surface area contributed by atoms with Crippen molar-refractivity contribution in [3.63, 3.8) is 0 Å². The number of carboxylic acid groups (broad SMARTS) is 1. The van der Waals surface area contributed by atoms with Gasteiger partial charge in [0.05, 0.1) is 17.8 Å². The number of carbonyl (C=O) groups excluding carboxylic acids is 1. The Morgan fingerprint density at radius 2 is 2.05 bits per heavy atom. The van der Waals surface area contributed by atoms with Crippen molar-refractivity contribution in [2.24, 2.45) is 0 Å². The third kappa shape index (κ3) is 5.48. The molecule has 0 radical (unpaired) electrons. The van der Waals surface area contributed by atoms with Crippen LogP contribution in [0.25, 0.3) is 10.9 Å². The minimum atomic E-state index is -4.69. The number of aromatic nitrogens is 3. The number of fused-ring (bicyclic) bond motifs is 2. The highest BCUT2D eigenvalue weighted by Gasteiger charge is 2.45. The molecule has 1 saturated heterocycles. The predicted octanol–water partition coefficient (Wildman–Crippen LogP) is 3.03. The number of carbonyl (C=O) groups is 2. The summed E-state index contributed by atoms with van der Waals surface area (Å²) in [7, 11) is -4.69. The van der Waals surface area contributed by atoms with E-state index in [0.717, 1.165) is 5.56 Å². The van der Waals surface area contributed by atoms with Crippen LogP contribution in [-0.4, -0.2) is 65.2 Å². The van der Waals surface area contributed by atoms with Crippen molar-refractivity contribution in [3.05, 3.63) is 52.4 Å². The smallest absolute Gasteiger partial charge is 0.471 e. The van der Waals surface area contributed by atoms with Gasteiger partial charge in [-0.15, -0.1) is 0 Å². The first-order valence-electron chi connectivity index (χ1n) is 11.3. The number of pyridine rings is 1. The van der Waals surface area contributed by atoms with Crippen LogP contribution in [0.2, 0.25) is 0 Å². The minimum absolute atomic E-state index is 0.281. The average Bonchev–Trinajstić information content (AvgIpc) is 3.26. The highest BCUT2D eigenvalue weighted by Crippen LogP contribution is 2.45. The maximum Gasteiger partial charge on any atom is 0.471 e. The van der Waals surface area contributed by atoms with Crippen molar-refractivity contribution in [2.45, 2.75) is 37.6 Å². The van der Waals surface area contributed by atoms with E-state index in [1.165, 1.54) is 15.8 Å². The maximum atomic E-state index is 13.5. The van der Waals surface area contributed by atoms with E-state index in [9.17, 15) is 19.3 Å². The van der Waals surface area contributed by atoms with Crippen molar-refractivity contribution < 1.29 is 38.3 Å². The lowest BCUT2D eigenvalue weighted by Crippen LogP contribution is -2.53. The molecule has 1 aromatic carbocycles. The fourth-order valence-electron chi connectivity index (χ4n) is 4.80. The number of hydrogen-bond acceptors (Lipinski definition) is 7. The third-order valence-electron chi connectivity index (χ3n) is 6.58. The highest BCUT2D eigenvalue weighted by molar-refractivity contribution is 9.10. The molecule has 196 valence electrons. The van der Waals surface area contributed by atoms with Gasteiger partial charge in [-0.2, -0.15) is 5.10 Å². The average molecular weight is 596 g/mol. The number of ether oxygens (including phenoxy) is 1. The van der Waals surface area contributed by atoms with Gasteiger partial charge < -0.3 is 29.8 Å². The molecule has 1 atom stereocenters. The number of nitrogens with zero attached hydrogens (tertiary/aromatic N) is 4. The van der Waals surface area contributed by atoms with Crippen LogP contribution in [-0.2, 0) is 15.8 Å². The first-order valence-corrected chi connectivity index (χ1v) is 13.6. The SMILES string of the molecule is O=C(N[C@H]1CC2(CCN(C(=O)O)CC2)Oc2cnc(Br)cc21)c1cccc2cn(COP(=O)(O)O)nc12. The number of hydrogen-bond donors (Lipinski definition) is 4. The Morgan fingerprint density at radius 1 is 1.30 bits per heavy atom. The fraction of sp³-hybridized carbons (Fsp3) is 0.364. The number of benzene rings is 1. The summed E-state index contributed by atoms with van der Waals surface area (Å²) in [5.74, 6) is 0.135. The fourth-order valence-corrected chi connectivity index (χ4v) is 5.42. The van der Waals surface area contributed by atoms with E-state index in [2.05, 4.69) is 35.9 Å². The second kappa shape index (κ2) is 9.69. The van der Waals surface area contributed by atoms with E-state index in [-0.39, 0.29) is 5.56 Å². The molecule has 2 amide bonds. The van der Waals surface area contributed by atoms with E-state index < -0.39 is 38.2 Å². The third-order valence-corrected chi connectivity index (χ3v) is 7.46. The number of phosphoric acid groups is 1. The Morgan fingerprint density at radius 3 is 2.76 bits per heavy atom. The monoisotopic (exact) mass is 595 g/mol. The molecule has 37 heavy (non-hydrogen) atoms. The number of amides is 2. The zero-order chi connectivity index (χ0) is 26.4.